The Morgan fingerprint density at radius 2 is 1.00 bits per heavy atom. The van der Waals surface area contributed by atoms with E-state index in [4.69, 9.17) is 0 Å². The molecular weight excluding hydrogens is 582 g/mol. The molecule has 20 heteroatoms. The smallest absolute Gasteiger partial charge is 0.239 e. The van der Waals surface area contributed by atoms with Gasteiger partial charge in [-0.1, -0.05) is 0 Å². The molecule has 14 nitrogen and oxygen atoms in total. The Morgan fingerprint density at radius 1 is 0.676 bits per heavy atom. The first-order valence-electron chi connectivity index (χ1n) is 11.2. The first kappa shape index (κ1) is 36.4. The third kappa shape index (κ3) is 20.0. The van der Waals surface area contributed by atoms with Gasteiger partial charge in [-0.2, -0.15) is 0 Å². The van der Waals surface area contributed by atoms with Gasteiger partial charge < -0.3 is 17.2 Å². The molecule has 4 heterocycles. The summed E-state index contributed by atoms with van der Waals surface area (Å²) in [4.78, 5) is 4.99. The van der Waals surface area contributed by atoms with E-state index in [1.807, 2.05) is 8.25 Å². The molecule has 224 valence electrons. The first-order valence-corrected chi connectivity index (χ1v) is 17.6. The molecule has 0 amide bonds. The highest BCUT2D eigenvalue weighted by Gasteiger charge is 2.34. The largest absolute Gasteiger partial charge is 0.408 e. The van der Waals surface area contributed by atoms with Crippen LogP contribution in [0.15, 0.2) is 0 Å². The summed E-state index contributed by atoms with van der Waals surface area (Å²) in [5.74, 6) is 0. The lowest BCUT2D eigenvalue weighted by atomic mass is 10.2. The molecule has 2 bridgehead atoms. The number of halogens is 2. The molecule has 4 saturated heterocycles. The van der Waals surface area contributed by atoms with E-state index in [0.29, 0.717) is 12.5 Å². The molecule has 0 aromatic carbocycles. The average Bonchev–Trinajstić information content (AvgIpc) is 2.67. The molecule has 0 N–H and O–H groups in total. The molecule has 0 radical (unpaired) electrons. The minimum Gasteiger partial charge on any atom is -0.408 e. The van der Waals surface area contributed by atoms with E-state index in [0.717, 1.165) is 0 Å². The van der Waals surface area contributed by atoms with Crippen molar-refractivity contribution in [1.82, 2.24) is 9.80 Å². The van der Waals surface area contributed by atoms with Gasteiger partial charge in [0.25, 0.3) is 0 Å². The summed E-state index contributed by atoms with van der Waals surface area (Å²) in [7, 11) is -11.8. The van der Waals surface area contributed by atoms with E-state index < -0.39 is 40.9 Å². The molecule has 4 rings (SSSR count). The van der Waals surface area contributed by atoms with Crippen LogP contribution in [0.4, 0.5) is 7.77 Å². The van der Waals surface area contributed by atoms with E-state index in [2.05, 4.69) is 37.9 Å². The van der Waals surface area contributed by atoms with Crippen LogP contribution in [0.3, 0.4) is 0 Å². The number of hydrogen-bond acceptors (Lipinski definition) is 10. The molecule has 4 aliphatic rings. The molecule has 0 aromatic rings. The summed E-state index contributed by atoms with van der Waals surface area (Å²) in [5.41, 5.74) is 0. The van der Waals surface area contributed by atoms with Crippen LogP contribution in [0.2, 0.25) is 0 Å². The predicted molar refractivity (Wildman–Crippen MR) is 138 cm³/mol. The third-order valence-corrected chi connectivity index (χ3v) is 9.71. The van der Waals surface area contributed by atoms with Gasteiger partial charge in [-0.3, -0.25) is 9.80 Å². The zero-order chi connectivity index (χ0) is 29.3. The number of hydrogen-bond donors (Lipinski definition) is 0. The molecule has 4 aliphatic heterocycles. The number of sulfonamides is 2. The minimum absolute atomic E-state index is 0.476. The van der Waals surface area contributed by atoms with Gasteiger partial charge in [-0.15, -0.1) is 7.77 Å². The van der Waals surface area contributed by atoms with Gasteiger partial charge in [-0.05, 0) is 14.0 Å². The fraction of sp³-hybridized carbons (Fsp3) is 1.00. The summed E-state index contributed by atoms with van der Waals surface area (Å²) >= 11 is 0. The van der Waals surface area contributed by atoms with Crippen molar-refractivity contribution in [1.29, 1.82) is 0 Å². The van der Waals surface area contributed by atoms with Crippen LogP contribution in [-0.2, 0) is 40.9 Å². The maximum atomic E-state index is 11.3. The van der Waals surface area contributed by atoms with Crippen molar-refractivity contribution in [3.8, 4) is 0 Å². The van der Waals surface area contributed by atoms with Crippen LogP contribution in [0.25, 0.3) is 8.25 Å². The normalized spacial score (nSPS) is 25.9. The van der Waals surface area contributed by atoms with Crippen LogP contribution >= 0.6 is 0 Å². The van der Waals surface area contributed by atoms with Crippen LogP contribution in [0.5, 0.6) is 0 Å². The fourth-order valence-corrected chi connectivity index (χ4v) is 6.09. The monoisotopic (exact) mass is 622 g/mol. The Morgan fingerprint density at radius 3 is 1.16 bits per heavy atom. The molecule has 0 saturated carbocycles. The summed E-state index contributed by atoms with van der Waals surface area (Å²) in [5, 5.41) is 0. The highest BCUT2D eigenvalue weighted by atomic mass is 32.3. The highest BCUT2D eigenvalue weighted by molar-refractivity contribution is 8.10. The van der Waals surface area contributed by atoms with Gasteiger partial charge in [0.2, 0.25) is 20.8 Å². The molecule has 0 aliphatic carbocycles. The van der Waals surface area contributed by atoms with E-state index in [-0.39, 0.29) is 0 Å². The van der Waals surface area contributed by atoms with Crippen molar-refractivity contribution in [2.75, 3.05) is 106 Å². The van der Waals surface area contributed by atoms with Gasteiger partial charge in [0.1, 0.15) is 0 Å². The molecule has 37 heavy (non-hydrogen) atoms. The first-order chi connectivity index (χ1) is 16.4. The SMILES string of the molecule is CC[N+]1(C)CCN(C)CC1.CS(=O)(=O)[N-]S(=O)(=O)F.CS(=O)(=O)[N-]S(=O)(=O)F.C[N+]12CCN(CC1)CC2. The molecule has 0 unspecified atom stereocenters. The Labute approximate surface area is 221 Å². The fourth-order valence-electron chi connectivity index (χ4n) is 3.51. The minimum atomic E-state index is -5.24. The summed E-state index contributed by atoms with van der Waals surface area (Å²) in [6.07, 6.45) is 0.953. The second-order valence-corrected chi connectivity index (χ2v) is 15.5. The average molecular weight is 623 g/mol. The van der Waals surface area contributed by atoms with Gasteiger partial charge in [-0.25, -0.2) is 33.7 Å². The Balaban J connectivity index is 0.000000468. The van der Waals surface area contributed by atoms with Crippen molar-refractivity contribution in [3.63, 3.8) is 0 Å². The number of rotatable bonds is 5. The molecular formula is C17H40F2N6O8S4. The zero-order valence-electron chi connectivity index (χ0n) is 22.1. The van der Waals surface area contributed by atoms with E-state index >= 15 is 0 Å². The lowest BCUT2D eigenvalue weighted by Gasteiger charge is -2.48. The van der Waals surface area contributed by atoms with Gasteiger partial charge >= 0.3 is 0 Å². The lowest BCUT2D eigenvalue weighted by Crippen LogP contribution is -2.65. The Hall–Kier alpha value is -0.580. The molecule has 0 aromatic heterocycles. The van der Waals surface area contributed by atoms with Crippen molar-refractivity contribution < 1.29 is 50.4 Å². The topological polar surface area (TPSA) is 171 Å². The van der Waals surface area contributed by atoms with Crippen molar-refractivity contribution in [2.24, 2.45) is 0 Å². The number of piperazine rings is 4. The number of fused-ring (bicyclic) bond motifs is 3. The van der Waals surface area contributed by atoms with E-state index in [1.165, 1.54) is 81.0 Å². The molecule has 0 spiro atoms. The Bertz CT molecular complexity index is 998. The van der Waals surface area contributed by atoms with Gasteiger partial charge in [0.05, 0.1) is 73.4 Å². The summed E-state index contributed by atoms with van der Waals surface area (Å²) < 4.78 is 106. The van der Waals surface area contributed by atoms with Gasteiger partial charge in [0.15, 0.2) is 0 Å². The maximum absolute atomic E-state index is 11.3. The van der Waals surface area contributed by atoms with Crippen LogP contribution < -0.4 is 0 Å². The van der Waals surface area contributed by atoms with Gasteiger partial charge in [0, 0.05) is 45.2 Å². The second-order valence-electron chi connectivity index (χ2n) is 9.76. The molecule has 4 fully saturated rings. The third-order valence-electron chi connectivity index (χ3n) is 6.12. The summed E-state index contributed by atoms with van der Waals surface area (Å²) in [6, 6.07) is 0. The van der Waals surface area contributed by atoms with Crippen molar-refractivity contribution in [2.45, 2.75) is 6.92 Å². The standard InChI is InChI=1S/C8H19N2.C7H15N2.2CH3FNO4S2/c1-4-10(3)7-5-9(2)6-8-10;1-9-5-2-8(3-6-9)4-7-9;2*1-8(4,5)3-9(2,6)7/h4-8H2,1-3H3;2-7H2,1H3;2*1H3/q2*+1;2*-1. The maximum Gasteiger partial charge on any atom is 0.239 e. The van der Waals surface area contributed by atoms with Crippen LogP contribution in [0, 0.1) is 0 Å². The van der Waals surface area contributed by atoms with Crippen LogP contribution in [-0.4, -0.2) is 158 Å². The quantitative estimate of drug-likeness (QED) is 0.280. The number of likely N-dealkylation sites (N-methyl/N-ethyl adjacent to an activating group) is 3. The zero-order valence-corrected chi connectivity index (χ0v) is 25.4. The van der Waals surface area contributed by atoms with Crippen molar-refractivity contribution in [3.05, 3.63) is 8.25 Å². The van der Waals surface area contributed by atoms with E-state index in [9.17, 15) is 41.4 Å². The number of quaternary nitrogens is 2. The number of nitrogens with zero attached hydrogens (tertiary/aromatic N) is 6. The second kappa shape index (κ2) is 14.2. The predicted octanol–water partition coefficient (Wildman–Crippen LogP) is -0.771. The van der Waals surface area contributed by atoms with E-state index in [1.54, 1.807) is 0 Å². The van der Waals surface area contributed by atoms with Crippen LogP contribution in [0.1, 0.15) is 6.92 Å². The lowest BCUT2D eigenvalue weighted by molar-refractivity contribution is -0.922. The highest BCUT2D eigenvalue weighted by Crippen LogP contribution is 2.15. The molecule has 0 atom stereocenters. The van der Waals surface area contributed by atoms with Crippen molar-refractivity contribution >= 4 is 40.9 Å². The summed E-state index contributed by atoms with van der Waals surface area (Å²) in [6.45, 7) is 17.0. The Kier molecular flexibility index (Phi) is 13.9.